The van der Waals surface area contributed by atoms with Crippen molar-refractivity contribution >= 4 is 26.8 Å². The molecule has 0 saturated heterocycles. The van der Waals surface area contributed by atoms with Crippen LogP contribution in [0.1, 0.15) is 62.5 Å². The van der Waals surface area contributed by atoms with E-state index in [0.717, 1.165) is 25.2 Å². The Labute approximate surface area is 194 Å². The maximum Gasteiger partial charge on any atom is 0.253 e. The van der Waals surface area contributed by atoms with Gasteiger partial charge in [0.1, 0.15) is 0 Å². The van der Waals surface area contributed by atoms with Crippen molar-refractivity contribution in [2.45, 2.75) is 66.0 Å². The largest absolute Gasteiger partial charge is 0.348 e. The van der Waals surface area contributed by atoms with E-state index in [0.29, 0.717) is 29.0 Å². The molecule has 1 aromatic carbocycles. The molecule has 1 amide bonds. The lowest BCUT2D eigenvalue weighted by molar-refractivity contribution is 0.0738. The summed E-state index contributed by atoms with van der Waals surface area (Å²) in [5.74, 6) is -1.70. The number of halogens is 2. The summed E-state index contributed by atoms with van der Waals surface area (Å²) in [6, 6.07) is 2.50. The van der Waals surface area contributed by atoms with Crippen molar-refractivity contribution in [1.82, 2.24) is 14.6 Å². The van der Waals surface area contributed by atoms with Crippen LogP contribution in [-0.2, 0) is 16.6 Å². The average Bonchev–Trinajstić information content (AvgIpc) is 3.29. The van der Waals surface area contributed by atoms with Crippen LogP contribution in [0.25, 0.3) is 10.9 Å². The Morgan fingerprint density at radius 2 is 1.94 bits per heavy atom. The number of nitrogens with zero attached hydrogens (tertiary/aromatic N) is 1. The number of rotatable bonds is 7. The fraction of sp³-hybridized carbons (Fsp3) is 0.625. The van der Waals surface area contributed by atoms with Crippen molar-refractivity contribution in [1.29, 1.82) is 0 Å². The summed E-state index contributed by atoms with van der Waals surface area (Å²) in [6.07, 6.45) is 4.75. The molecule has 1 aromatic heterocycles. The Bertz CT molecular complexity index is 1220. The fourth-order valence-electron chi connectivity index (χ4n) is 6.43. The van der Waals surface area contributed by atoms with Crippen LogP contribution in [-0.4, -0.2) is 37.7 Å². The van der Waals surface area contributed by atoms with E-state index in [1.54, 1.807) is 11.5 Å². The van der Waals surface area contributed by atoms with Crippen LogP contribution < -0.4 is 10.0 Å². The molecular formula is C24H33F2N3O3S. The summed E-state index contributed by atoms with van der Waals surface area (Å²) >= 11 is 0. The molecule has 182 valence electrons. The van der Waals surface area contributed by atoms with Gasteiger partial charge in [0.15, 0.2) is 11.6 Å². The van der Waals surface area contributed by atoms with Crippen LogP contribution in [0.15, 0.2) is 12.1 Å². The molecule has 2 aliphatic carbocycles. The number of carbonyl (C=O) groups is 1. The van der Waals surface area contributed by atoms with E-state index in [4.69, 9.17) is 0 Å². The smallest absolute Gasteiger partial charge is 0.253 e. The van der Waals surface area contributed by atoms with Gasteiger partial charge in [0.05, 0.1) is 17.3 Å². The van der Waals surface area contributed by atoms with Gasteiger partial charge in [0, 0.05) is 30.2 Å². The van der Waals surface area contributed by atoms with E-state index in [9.17, 15) is 22.0 Å². The van der Waals surface area contributed by atoms with Gasteiger partial charge in [0.25, 0.3) is 5.91 Å². The lowest BCUT2D eigenvalue weighted by Crippen LogP contribution is -2.52. The van der Waals surface area contributed by atoms with E-state index in [1.165, 1.54) is 12.5 Å². The second-order valence-corrected chi connectivity index (χ2v) is 12.5. The first-order chi connectivity index (χ1) is 15.3. The Hall–Kier alpha value is -2.00. The number of benzene rings is 1. The van der Waals surface area contributed by atoms with Crippen molar-refractivity contribution in [3.05, 3.63) is 35.0 Å². The number of hydrogen-bond donors (Lipinski definition) is 2. The van der Waals surface area contributed by atoms with Crippen molar-refractivity contribution in [2.24, 2.45) is 16.7 Å². The standard InChI is InChI=1S/C24H33F2N3O3S/c1-14-18(21(30)28-22-23(2,3)15-9-10-24(22,4)13-15)16-7-8-17(25)19(26)20(16)29(14)12-6-11-27-33(5,31)32/h7-8,15,22,27H,6,9-13H2,1-5H3,(H,28,30). The normalized spacial score (nSPS) is 26.3. The predicted molar refractivity (Wildman–Crippen MR) is 125 cm³/mol. The Kier molecular flexibility index (Phi) is 5.88. The number of carbonyl (C=O) groups excluding carboxylic acids is 1. The van der Waals surface area contributed by atoms with Gasteiger partial charge < -0.3 is 9.88 Å². The Balaban J connectivity index is 1.68. The predicted octanol–water partition coefficient (Wildman–Crippen LogP) is 4.11. The molecular weight excluding hydrogens is 448 g/mol. The van der Waals surface area contributed by atoms with Crippen molar-refractivity contribution in [2.75, 3.05) is 12.8 Å². The highest BCUT2D eigenvalue weighted by molar-refractivity contribution is 7.88. The van der Waals surface area contributed by atoms with Gasteiger partial charge in [-0.25, -0.2) is 21.9 Å². The topological polar surface area (TPSA) is 80.2 Å². The molecule has 6 nitrogen and oxygen atoms in total. The third-order valence-corrected chi connectivity index (χ3v) is 8.80. The maximum atomic E-state index is 14.9. The zero-order valence-corrected chi connectivity index (χ0v) is 20.7. The van der Waals surface area contributed by atoms with E-state index in [-0.39, 0.29) is 41.4 Å². The Morgan fingerprint density at radius 3 is 2.55 bits per heavy atom. The Morgan fingerprint density at radius 1 is 1.24 bits per heavy atom. The summed E-state index contributed by atoms with van der Waals surface area (Å²) < 4.78 is 55.7. The fourth-order valence-corrected chi connectivity index (χ4v) is 6.94. The molecule has 2 aliphatic rings. The number of fused-ring (bicyclic) bond motifs is 3. The van der Waals surface area contributed by atoms with Crippen LogP contribution in [0, 0.1) is 35.3 Å². The molecule has 2 N–H and O–H groups in total. The summed E-state index contributed by atoms with van der Waals surface area (Å²) in [4.78, 5) is 13.6. The van der Waals surface area contributed by atoms with E-state index < -0.39 is 21.7 Å². The zero-order chi connectivity index (χ0) is 24.3. The number of nitrogens with one attached hydrogen (secondary N) is 2. The highest BCUT2D eigenvalue weighted by atomic mass is 32.2. The summed E-state index contributed by atoms with van der Waals surface area (Å²) in [7, 11) is -3.35. The number of aromatic nitrogens is 1. The molecule has 4 rings (SSSR count). The van der Waals surface area contributed by atoms with Crippen LogP contribution in [0.5, 0.6) is 0 Å². The molecule has 0 radical (unpaired) electrons. The van der Waals surface area contributed by atoms with Crippen molar-refractivity contribution in [3.63, 3.8) is 0 Å². The molecule has 2 aromatic rings. The summed E-state index contributed by atoms with van der Waals surface area (Å²) in [5, 5.41) is 3.63. The number of sulfonamides is 1. The number of aryl methyl sites for hydroxylation is 1. The van der Waals surface area contributed by atoms with Gasteiger partial charge in [-0.15, -0.1) is 0 Å². The minimum Gasteiger partial charge on any atom is -0.348 e. The van der Waals surface area contributed by atoms with Gasteiger partial charge in [-0.05, 0) is 61.5 Å². The molecule has 33 heavy (non-hydrogen) atoms. The van der Waals surface area contributed by atoms with Gasteiger partial charge >= 0.3 is 0 Å². The van der Waals surface area contributed by atoms with Crippen molar-refractivity contribution < 1.29 is 22.0 Å². The van der Waals surface area contributed by atoms with E-state index >= 15 is 0 Å². The first kappa shape index (κ1) is 24.1. The summed E-state index contributed by atoms with van der Waals surface area (Å²) in [6.45, 7) is 8.76. The lowest BCUT2D eigenvalue weighted by atomic mass is 9.68. The van der Waals surface area contributed by atoms with Crippen molar-refractivity contribution in [3.8, 4) is 0 Å². The first-order valence-electron chi connectivity index (χ1n) is 11.5. The molecule has 2 bridgehead atoms. The monoisotopic (exact) mass is 481 g/mol. The number of hydrogen-bond acceptors (Lipinski definition) is 3. The molecule has 2 fully saturated rings. The molecule has 1 heterocycles. The van der Waals surface area contributed by atoms with Gasteiger partial charge in [-0.1, -0.05) is 20.8 Å². The molecule has 0 spiro atoms. The van der Waals surface area contributed by atoms with Gasteiger partial charge in [0.2, 0.25) is 10.0 Å². The van der Waals surface area contributed by atoms with Crippen LogP contribution in [0.3, 0.4) is 0 Å². The van der Waals surface area contributed by atoms with Gasteiger partial charge in [-0.2, -0.15) is 0 Å². The van der Waals surface area contributed by atoms with Crippen LogP contribution in [0.4, 0.5) is 8.78 Å². The third-order valence-electron chi connectivity index (χ3n) is 8.07. The van der Waals surface area contributed by atoms with E-state index in [1.807, 2.05) is 0 Å². The quantitative estimate of drug-likeness (QED) is 0.584. The molecule has 0 aliphatic heterocycles. The molecule has 2 saturated carbocycles. The zero-order valence-electron chi connectivity index (χ0n) is 19.9. The number of amides is 1. The average molecular weight is 482 g/mol. The second kappa shape index (κ2) is 8.05. The van der Waals surface area contributed by atoms with E-state index in [2.05, 4.69) is 30.8 Å². The molecule has 3 atom stereocenters. The van der Waals surface area contributed by atoms with Crippen LogP contribution >= 0.6 is 0 Å². The highest BCUT2D eigenvalue weighted by Crippen LogP contribution is 2.62. The molecule has 9 heteroatoms. The minimum absolute atomic E-state index is 0.00157. The van der Waals surface area contributed by atoms with Gasteiger partial charge in [-0.3, -0.25) is 4.79 Å². The maximum absolute atomic E-state index is 14.9. The third kappa shape index (κ3) is 4.07. The molecule has 3 unspecified atom stereocenters. The minimum atomic E-state index is -3.35. The SMILES string of the molecule is Cc1c(C(=O)NC2C3(C)CCC(C3)C2(C)C)c2ccc(F)c(F)c2n1CCCNS(C)(=O)=O. The second-order valence-electron chi connectivity index (χ2n) is 10.7. The van der Waals surface area contributed by atoms with Crippen LogP contribution in [0.2, 0.25) is 0 Å². The lowest BCUT2D eigenvalue weighted by Gasteiger charge is -2.43. The first-order valence-corrected chi connectivity index (χ1v) is 13.4. The highest BCUT2D eigenvalue weighted by Gasteiger charge is 2.59. The summed E-state index contributed by atoms with van der Waals surface area (Å²) in [5.41, 5.74) is 0.920.